The van der Waals surface area contributed by atoms with Crippen molar-refractivity contribution in [2.45, 2.75) is 18.7 Å². The normalized spacial score (nSPS) is 11.8. The van der Waals surface area contributed by atoms with Gasteiger partial charge in [0.25, 0.3) is 5.69 Å². The number of nitrogens with zero attached hydrogens (tertiary/aromatic N) is 2. The number of benzene rings is 1. The highest BCUT2D eigenvalue weighted by molar-refractivity contribution is 7.89. The first-order valence-electron chi connectivity index (χ1n) is 5.64. The highest BCUT2D eigenvalue weighted by Crippen LogP contribution is 2.27. The molecule has 0 aromatic heterocycles. The Morgan fingerprint density at radius 2 is 1.95 bits per heavy atom. The van der Waals surface area contributed by atoms with Crippen molar-refractivity contribution in [2.75, 3.05) is 20.1 Å². The van der Waals surface area contributed by atoms with Gasteiger partial charge in [0, 0.05) is 31.8 Å². The van der Waals surface area contributed by atoms with E-state index in [-0.39, 0.29) is 23.7 Å². The van der Waals surface area contributed by atoms with Gasteiger partial charge in [-0.2, -0.15) is 4.31 Å². The zero-order chi connectivity index (χ0) is 14.8. The molecule has 1 rings (SSSR count). The maximum atomic E-state index is 12.2. The van der Waals surface area contributed by atoms with Gasteiger partial charge in [0.2, 0.25) is 10.0 Å². The van der Waals surface area contributed by atoms with Gasteiger partial charge in [0.15, 0.2) is 0 Å². The van der Waals surface area contributed by atoms with Gasteiger partial charge in [0.05, 0.1) is 9.82 Å². The number of likely N-dealkylation sites (N-methyl/N-ethyl adjacent to an activating group) is 1. The van der Waals surface area contributed by atoms with Crippen LogP contribution in [0.5, 0.6) is 0 Å². The summed E-state index contributed by atoms with van der Waals surface area (Å²) in [7, 11) is -2.36. The molecule has 2 N–H and O–H groups in total. The van der Waals surface area contributed by atoms with Gasteiger partial charge in [-0.3, -0.25) is 10.1 Å². The van der Waals surface area contributed by atoms with E-state index in [9.17, 15) is 18.5 Å². The van der Waals surface area contributed by atoms with E-state index in [1.807, 2.05) is 0 Å². The lowest BCUT2D eigenvalue weighted by Crippen LogP contribution is -2.31. The molecule has 19 heavy (non-hydrogen) atoms. The minimum atomic E-state index is -3.75. The molecule has 0 saturated heterocycles. The van der Waals surface area contributed by atoms with E-state index in [2.05, 4.69) is 0 Å². The van der Waals surface area contributed by atoms with Gasteiger partial charge >= 0.3 is 0 Å². The molecule has 0 unspecified atom stereocenters. The Hall–Kier alpha value is -1.51. The van der Waals surface area contributed by atoms with Gasteiger partial charge in [-0.05, 0) is 25.5 Å². The molecule has 0 heterocycles. The molecule has 1 aromatic rings. The summed E-state index contributed by atoms with van der Waals surface area (Å²) in [5.41, 5.74) is 6.15. The van der Waals surface area contributed by atoms with Crippen molar-refractivity contribution in [3.8, 4) is 0 Å². The van der Waals surface area contributed by atoms with Crippen molar-refractivity contribution in [2.24, 2.45) is 5.73 Å². The van der Waals surface area contributed by atoms with E-state index in [4.69, 9.17) is 5.73 Å². The Labute approximate surface area is 112 Å². The van der Waals surface area contributed by atoms with Crippen molar-refractivity contribution in [3.05, 3.63) is 33.4 Å². The van der Waals surface area contributed by atoms with Crippen molar-refractivity contribution in [1.82, 2.24) is 4.31 Å². The van der Waals surface area contributed by atoms with E-state index in [1.54, 1.807) is 13.8 Å². The molecule has 0 spiro atoms. The Morgan fingerprint density at radius 3 is 2.42 bits per heavy atom. The second kappa shape index (κ2) is 5.64. The fraction of sp³-hybridized carbons (Fsp3) is 0.455. The summed E-state index contributed by atoms with van der Waals surface area (Å²) < 4.78 is 25.5. The zero-order valence-corrected chi connectivity index (χ0v) is 11.9. The molecule has 0 aliphatic rings. The topological polar surface area (TPSA) is 107 Å². The maximum Gasteiger partial charge on any atom is 0.273 e. The van der Waals surface area contributed by atoms with Gasteiger partial charge in [-0.15, -0.1) is 0 Å². The first-order valence-corrected chi connectivity index (χ1v) is 7.08. The molecule has 0 amide bonds. The number of rotatable bonds is 5. The maximum absolute atomic E-state index is 12.2. The van der Waals surface area contributed by atoms with Crippen LogP contribution in [-0.4, -0.2) is 37.8 Å². The van der Waals surface area contributed by atoms with Crippen LogP contribution in [0.1, 0.15) is 11.1 Å². The summed E-state index contributed by atoms with van der Waals surface area (Å²) in [5.74, 6) is 0. The summed E-state index contributed by atoms with van der Waals surface area (Å²) in [6.45, 7) is 3.57. The zero-order valence-electron chi connectivity index (χ0n) is 11.1. The average molecular weight is 287 g/mol. The molecule has 0 radical (unpaired) electrons. The average Bonchev–Trinajstić information content (AvgIpc) is 2.32. The predicted octanol–water partition coefficient (Wildman–Crippen LogP) is 0.791. The van der Waals surface area contributed by atoms with Gasteiger partial charge in [0.1, 0.15) is 0 Å². The van der Waals surface area contributed by atoms with Gasteiger partial charge < -0.3 is 5.73 Å². The number of nitro benzene ring substituents is 1. The third-order valence-electron chi connectivity index (χ3n) is 2.96. The number of hydrogen-bond donors (Lipinski definition) is 1. The minimum absolute atomic E-state index is 0.0850. The Morgan fingerprint density at radius 1 is 1.37 bits per heavy atom. The molecule has 0 saturated carbocycles. The SMILES string of the molecule is Cc1cc(S(=O)(=O)N(C)CCN)cc([N+](=O)[O-])c1C. The number of nitrogens with two attached hydrogens (primary N) is 1. The third kappa shape index (κ3) is 3.09. The number of nitro groups is 1. The number of sulfonamides is 1. The van der Waals surface area contributed by atoms with Crippen LogP contribution in [0.3, 0.4) is 0 Å². The Balaban J connectivity index is 3.40. The van der Waals surface area contributed by atoms with Crippen molar-refractivity contribution in [3.63, 3.8) is 0 Å². The minimum Gasteiger partial charge on any atom is -0.329 e. The smallest absolute Gasteiger partial charge is 0.273 e. The fourth-order valence-corrected chi connectivity index (χ4v) is 2.92. The van der Waals surface area contributed by atoms with Crippen LogP contribution in [-0.2, 0) is 10.0 Å². The number of hydrogen-bond acceptors (Lipinski definition) is 5. The third-order valence-corrected chi connectivity index (χ3v) is 4.80. The molecule has 7 nitrogen and oxygen atoms in total. The molecule has 0 atom stereocenters. The van der Waals surface area contributed by atoms with Crippen LogP contribution in [0.4, 0.5) is 5.69 Å². The molecule has 0 bridgehead atoms. The van der Waals surface area contributed by atoms with E-state index < -0.39 is 14.9 Å². The van der Waals surface area contributed by atoms with Gasteiger partial charge in [-0.1, -0.05) is 0 Å². The lowest BCUT2D eigenvalue weighted by Gasteiger charge is -2.16. The molecule has 0 aliphatic carbocycles. The van der Waals surface area contributed by atoms with E-state index in [1.165, 1.54) is 13.1 Å². The molecule has 1 aromatic carbocycles. The Bertz CT molecular complexity index is 598. The summed E-state index contributed by atoms with van der Waals surface area (Å²) in [6.07, 6.45) is 0. The largest absolute Gasteiger partial charge is 0.329 e. The summed E-state index contributed by atoms with van der Waals surface area (Å²) in [4.78, 5) is 10.3. The van der Waals surface area contributed by atoms with E-state index >= 15 is 0 Å². The standard InChI is InChI=1S/C11H17N3O4S/c1-8-6-10(7-11(9(8)2)14(15)16)19(17,18)13(3)5-4-12/h6-7H,4-5,12H2,1-3H3. The molecule has 0 fully saturated rings. The Kier molecular flexibility index (Phi) is 4.61. The second-order valence-corrected chi connectivity index (χ2v) is 6.30. The summed E-state index contributed by atoms with van der Waals surface area (Å²) in [6, 6.07) is 2.52. The van der Waals surface area contributed by atoms with Crippen LogP contribution in [0, 0.1) is 24.0 Å². The van der Waals surface area contributed by atoms with Crippen LogP contribution in [0.15, 0.2) is 17.0 Å². The van der Waals surface area contributed by atoms with Crippen molar-refractivity contribution < 1.29 is 13.3 Å². The fourth-order valence-electron chi connectivity index (χ4n) is 1.63. The van der Waals surface area contributed by atoms with Gasteiger partial charge in [-0.25, -0.2) is 8.42 Å². The first kappa shape index (κ1) is 15.5. The molecule has 0 aliphatic heterocycles. The lowest BCUT2D eigenvalue weighted by molar-refractivity contribution is -0.385. The first-order chi connectivity index (χ1) is 8.71. The number of aryl methyl sites for hydroxylation is 1. The quantitative estimate of drug-likeness (QED) is 0.636. The van der Waals surface area contributed by atoms with E-state index in [0.717, 1.165) is 10.4 Å². The second-order valence-electron chi connectivity index (χ2n) is 4.26. The van der Waals surface area contributed by atoms with Crippen LogP contribution >= 0.6 is 0 Å². The summed E-state index contributed by atoms with van der Waals surface area (Å²) in [5, 5.41) is 10.9. The molecule has 106 valence electrons. The van der Waals surface area contributed by atoms with Crippen molar-refractivity contribution >= 4 is 15.7 Å². The molecular weight excluding hydrogens is 270 g/mol. The summed E-state index contributed by atoms with van der Waals surface area (Å²) >= 11 is 0. The van der Waals surface area contributed by atoms with Crippen molar-refractivity contribution in [1.29, 1.82) is 0 Å². The molecule has 8 heteroatoms. The highest BCUT2D eigenvalue weighted by atomic mass is 32.2. The highest BCUT2D eigenvalue weighted by Gasteiger charge is 2.24. The van der Waals surface area contributed by atoms with Crippen LogP contribution in [0.2, 0.25) is 0 Å². The van der Waals surface area contributed by atoms with E-state index in [0.29, 0.717) is 11.1 Å². The predicted molar refractivity (Wildman–Crippen MR) is 71.4 cm³/mol. The van der Waals surface area contributed by atoms with Crippen LogP contribution < -0.4 is 5.73 Å². The molecular formula is C11H17N3O4S. The lowest BCUT2D eigenvalue weighted by atomic mass is 10.1. The monoisotopic (exact) mass is 287 g/mol. The van der Waals surface area contributed by atoms with Crippen LogP contribution in [0.25, 0.3) is 0 Å².